The summed E-state index contributed by atoms with van der Waals surface area (Å²) in [5.74, 6) is 0.766. The zero-order valence-electron chi connectivity index (χ0n) is 13.2. The van der Waals surface area contributed by atoms with E-state index in [4.69, 9.17) is 0 Å². The zero-order valence-corrected chi connectivity index (χ0v) is 14.0. The van der Waals surface area contributed by atoms with Crippen LogP contribution in [0.15, 0.2) is 66.0 Å². The van der Waals surface area contributed by atoms with Gasteiger partial charge in [-0.15, -0.1) is 0 Å². The van der Waals surface area contributed by atoms with Crippen molar-refractivity contribution in [3.8, 4) is 17.3 Å². The molecule has 2 aromatic carbocycles. The number of thioether (sulfide) groups is 1. The maximum absolute atomic E-state index is 9.24. The number of rotatable bonds is 5. The van der Waals surface area contributed by atoms with Crippen LogP contribution in [0.25, 0.3) is 11.3 Å². The van der Waals surface area contributed by atoms with Crippen molar-refractivity contribution in [2.45, 2.75) is 29.8 Å². The molecule has 0 atom stereocenters. The monoisotopic (exact) mass is 331 g/mol. The van der Waals surface area contributed by atoms with Crippen LogP contribution in [0.2, 0.25) is 0 Å². The Bertz CT molecular complexity index is 889. The average molecular weight is 331 g/mol. The third-order valence-corrected chi connectivity index (χ3v) is 5.25. The van der Waals surface area contributed by atoms with E-state index in [1.165, 1.54) is 24.1 Å². The summed E-state index contributed by atoms with van der Waals surface area (Å²) in [6.07, 6.45) is 4.42. The predicted molar refractivity (Wildman–Crippen MR) is 96.7 cm³/mol. The highest BCUT2D eigenvalue weighted by Gasteiger charge is 2.29. The molecular weight excluding hydrogens is 314 g/mol. The van der Waals surface area contributed by atoms with Crippen LogP contribution < -0.4 is 0 Å². The Hall–Kier alpha value is -2.51. The van der Waals surface area contributed by atoms with Crippen molar-refractivity contribution < 1.29 is 0 Å². The Morgan fingerprint density at radius 1 is 1.08 bits per heavy atom. The first-order chi connectivity index (χ1) is 11.9. The third-order valence-electron chi connectivity index (χ3n) is 4.24. The van der Waals surface area contributed by atoms with Crippen LogP contribution in [-0.2, 0) is 5.75 Å². The van der Waals surface area contributed by atoms with Gasteiger partial charge in [-0.2, -0.15) is 5.26 Å². The molecule has 1 fully saturated rings. The Morgan fingerprint density at radius 3 is 2.58 bits per heavy atom. The van der Waals surface area contributed by atoms with Gasteiger partial charge in [0.15, 0.2) is 5.16 Å². The summed E-state index contributed by atoms with van der Waals surface area (Å²) >= 11 is 1.71. The molecule has 4 rings (SSSR count). The van der Waals surface area contributed by atoms with Gasteiger partial charge >= 0.3 is 0 Å². The van der Waals surface area contributed by atoms with Crippen LogP contribution in [0.4, 0.5) is 0 Å². The molecule has 1 aliphatic carbocycles. The van der Waals surface area contributed by atoms with E-state index in [1.807, 2.05) is 36.5 Å². The van der Waals surface area contributed by atoms with Crippen molar-refractivity contribution in [3.05, 3.63) is 71.9 Å². The lowest BCUT2D eigenvalue weighted by Crippen LogP contribution is -1.99. The Morgan fingerprint density at radius 2 is 1.83 bits per heavy atom. The van der Waals surface area contributed by atoms with E-state index in [1.54, 1.807) is 11.8 Å². The number of imidazole rings is 1. The van der Waals surface area contributed by atoms with Gasteiger partial charge < -0.3 is 4.57 Å². The lowest BCUT2D eigenvalue weighted by atomic mass is 10.1. The molecule has 4 heteroatoms. The predicted octanol–water partition coefficient (Wildman–Crippen LogP) is 5.05. The number of nitrogens with zero attached hydrogens (tertiary/aromatic N) is 3. The molecule has 1 aliphatic rings. The lowest BCUT2D eigenvalue weighted by molar-refractivity contribution is 0.669. The van der Waals surface area contributed by atoms with E-state index in [9.17, 15) is 5.26 Å². The van der Waals surface area contributed by atoms with Gasteiger partial charge in [-0.3, -0.25) is 0 Å². The molecule has 0 N–H and O–H groups in total. The van der Waals surface area contributed by atoms with Crippen molar-refractivity contribution >= 4 is 11.8 Å². The van der Waals surface area contributed by atoms with E-state index >= 15 is 0 Å². The van der Waals surface area contributed by atoms with E-state index in [0.29, 0.717) is 6.04 Å². The minimum absolute atomic E-state index is 0.566. The van der Waals surface area contributed by atoms with Gasteiger partial charge in [0.25, 0.3) is 0 Å². The molecule has 3 aromatic rings. The van der Waals surface area contributed by atoms with Crippen molar-refractivity contribution in [1.29, 1.82) is 5.26 Å². The van der Waals surface area contributed by atoms with Crippen LogP contribution in [0.5, 0.6) is 0 Å². The Kier molecular flexibility index (Phi) is 4.10. The van der Waals surface area contributed by atoms with Gasteiger partial charge in [-0.25, -0.2) is 4.98 Å². The largest absolute Gasteiger partial charge is 0.316 e. The highest BCUT2D eigenvalue weighted by atomic mass is 32.2. The van der Waals surface area contributed by atoms with Gasteiger partial charge in [0, 0.05) is 11.8 Å². The fourth-order valence-corrected chi connectivity index (χ4v) is 3.91. The van der Waals surface area contributed by atoms with E-state index < -0.39 is 0 Å². The molecule has 0 unspecified atom stereocenters. The first kappa shape index (κ1) is 15.0. The summed E-state index contributed by atoms with van der Waals surface area (Å²) < 4.78 is 2.37. The maximum atomic E-state index is 9.24. The first-order valence-corrected chi connectivity index (χ1v) is 9.09. The summed E-state index contributed by atoms with van der Waals surface area (Å²) in [4.78, 5) is 4.67. The summed E-state index contributed by atoms with van der Waals surface area (Å²) in [6, 6.07) is 21.1. The number of aromatic nitrogens is 2. The summed E-state index contributed by atoms with van der Waals surface area (Å²) in [5.41, 5.74) is 4.21. The molecule has 0 spiro atoms. The van der Waals surface area contributed by atoms with Crippen molar-refractivity contribution in [3.63, 3.8) is 0 Å². The van der Waals surface area contributed by atoms with Gasteiger partial charge in [-0.05, 0) is 30.0 Å². The molecule has 0 aliphatic heterocycles. The molecule has 0 amide bonds. The fraction of sp³-hybridized carbons (Fsp3) is 0.200. The number of nitriles is 1. The summed E-state index contributed by atoms with van der Waals surface area (Å²) in [7, 11) is 0. The topological polar surface area (TPSA) is 41.6 Å². The van der Waals surface area contributed by atoms with E-state index in [0.717, 1.165) is 22.0 Å². The first-order valence-electron chi connectivity index (χ1n) is 8.10. The minimum Gasteiger partial charge on any atom is -0.316 e. The van der Waals surface area contributed by atoms with Crippen LogP contribution in [0.1, 0.15) is 30.0 Å². The normalized spacial score (nSPS) is 13.6. The quantitative estimate of drug-likeness (QED) is 0.614. The zero-order chi connectivity index (χ0) is 16.4. The van der Waals surface area contributed by atoms with Crippen LogP contribution in [0.3, 0.4) is 0 Å². The van der Waals surface area contributed by atoms with Gasteiger partial charge in [0.2, 0.25) is 0 Å². The highest BCUT2D eigenvalue weighted by molar-refractivity contribution is 7.98. The lowest BCUT2D eigenvalue weighted by Gasteiger charge is -2.11. The molecule has 118 valence electrons. The SMILES string of the molecule is N#Cc1ccccc1CSc1ncc(-c2ccccc2)n1C1CC1. The second-order valence-electron chi connectivity index (χ2n) is 5.95. The summed E-state index contributed by atoms with van der Waals surface area (Å²) in [6.45, 7) is 0. The van der Waals surface area contributed by atoms with Crippen molar-refractivity contribution in [2.75, 3.05) is 0 Å². The number of hydrogen-bond acceptors (Lipinski definition) is 3. The van der Waals surface area contributed by atoms with Gasteiger partial charge in [-0.1, -0.05) is 60.3 Å². The Balaban J connectivity index is 1.62. The molecule has 0 saturated heterocycles. The standard InChI is InChI=1S/C20H17N3S/c21-12-16-8-4-5-9-17(16)14-24-20-22-13-19(23(20)18-10-11-18)15-6-2-1-3-7-15/h1-9,13,18H,10-11,14H2. The smallest absolute Gasteiger partial charge is 0.169 e. The van der Waals surface area contributed by atoms with Gasteiger partial charge in [0.05, 0.1) is 23.5 Å². The average Bonchev–Trinajstić information content (AvgIpc) is 3.40. The second kappa shape index (κ2) is 6.54. The third kappa shape index (κ3) is 2.95. The molecule has 0 radical (unpaired) electrons. The van der Waals surface area contributed by atoms with Crippen molar-refractivity contribution in [1.82, 2.24) is 9.55 Å². The summed E-state index contributed by atoms with van der Waals surface area (Å²) in [5, 5.41) is 10.3. The van der Waals surface area contributed by atoms with Crippen molar-refractivity contribution in [2.24, 2.45) is 0 Å². The molecule has 24 heavy (non-hydrogen) atoms. The second-order valence-corrected chi connectivity index (χ2v) is 6.89. The highest BCUT2D eigenvalue weighted by Crippen LogP contribution is 2.42. The fourth-order valence-electron chi connectivity index (χ4n) is 2.86. The molecule has 3 nitrogen and oxygen atoms in total. The Labute approximate surface area is 146 Å². The number of benzene rings is 2. The van der Waals surface area contributed by atoms with E-state index in [-0.39, 0.29) is 0 Å². The molecule has 0 bridgehead atoms. The van der Waals surface area contributed by atoms with Crippen LogP contribution in [-0.4, -0.2) is 9.55 Å². The molecule has 1 saturated carbocycles. The molecule has 1 heterocycles. The molecule has 1 aromatic heterocycles. The van der Waals surface area contributed by atoms with Crippen LogP contribution >= 0.6 is 11.8 Å². The molecular formula is C20H17N3S. The minimum atomic E-state index is 0.566. The van der Waals surface area contributed by atoms with Gasteiger partial charge in [0.1, 0.15) is 0 Å². The maximum Gasteiger partial charge on any atom is 0.169 e. The van der Waals surface area contributed by atoms with E-state index in [2.05, 4.69) is 39.9 Å². The van der Waals surface area contributed by atoms with Crippen LogP contribution in [0, 0.1) is 11.3 Å². The number of hydrogen-bond donors (Lipinski definition) is 0.